The summed E-state index contributed by atoms with van der Waals surface area (Å²) in [5.41, 5.74) is 1.38. The van der Waals surface area contributed by atoms with E-state index in [1.165, 1.54) is 0 Å². The van der Waals surface area contributed by atoms with Gasteiger partial charge in [-0.25, -0.2) is 9.97 Å². The largest absolute Gasteiger partial charge is 0.497 e. The molecule has 0 bridgehead atoms. The monoisotopic (exact) mass is 366 g/mol. The minimum Gasteiger partial charge on any atom is -0.497 e. The highest BCUT2D eigenvalue weighted by Gasteiger charge is 2.09. The molecule has 0 radical (unpaired) electrons. The van der Waals surface area contributed by atoms with Gasteiger partial charge in [-0.3, -0.25) is 14.2 Å². The lowest BCUT2D eigenvalue weighted by Gasteiger charge is -2.11. The molecule has 0 saturated heterocycles. The molecule has 0 aliphatic carbocycles. The Morgan fingerprint density at radius 1 is 1.22 bits per heavy atom. The average molecular weight is 366 g/mol. The summed E-state index contributed by atoms with van der Waals surface area (Å²) < 4.78 is 6.68. The lowest BCUT2D eigenvalue weighted by molar-refractivity contribution is -0.121. The molecule has 3 rings (SSSR count). The van der Waals surface area contributed by atoms with Crippen LogP contribution in [-0.4, -0.2) is 34.1 Å². The molecule has 0 aliphatic heterocycles. The second-order valence-electron chi connectivity index (χ2n) is 6.19. The molecule has 0 aliphatic rings. The normalized spacial score (nSPS) is 10.7. The summed E-state index contributed by atoms with van der Waals surface area (Å²) in [5.74, 6) is 1.33. The molecule has 0 spiro atoms. The minimum atomic E-state index is -0.141. The SMILES string of the molecule is COc1ccc(CCC(=O)NCCn2c(C)nc3ncccc3c2=O)cc1. The molecule has 140 valence electrons. The number of carbonyl (C=O) groups excluding carboxylic acids is 1. The van der Waals surface area contributed by atoms with Crippen LogP contribution in [-0.2, 0) is 17.8 Å². The first-order valence-corrected chi connectivity index (χ1v) is 8.80. The van der Waals surface area contributed by atoms with Crippen LogP contribution in [0.2, 0.25) is 0 Å². The van der Waals surface area contributed by atoms with Gasteiger partial charge in [0.15, 0.2) is 5.65 Å². The van der Waals surface area contributed by atoms with E-state index in [-0.39, 0.29) is 11.5 Å². The molecule has 27 heavy (non-hydrogen) atoms. The Morgan fingerprint density at radius 2 is 2.00 bits per heavy atom. The first kappa shape index (κ1) is 18.6. The predicted molar refractivity (Wildman–Crippen MR) is 103 cm³/mol. The number of carbonyl (C=O) groups is 1. The smallest absolute Gasteiger partial charge is 0.263 e. The molecule has 7 heteroatoms. The summed E-state index contributed by atoms with van der Waals surface area (Å²) >= 11 is 0. The van der Waals surface area contributed by atoms with Gasteiger partial charge in [-0.1, -0.05) is 12.1 Å². The summed E-state index contributed by atoms with van der Waals surface area (Å²) in [6.45, 7) is 2.51. The van der Waals surface area contributed by atoms with Gasteiger partial charge in [0.25, 0.3) is 5.56 Å². The summed E-state index contributed by atoms with van der Waals surface area (Å²) in [5, 5.41) is 3.34. The van der Waals surface area contributed by atoms with E-state index in [2.05, 4.69) is 15.3 Å². The highest BCUT2D eigenvalue weighted by atomic mass is 16.5. The molecule has 3 aromatic rings. The summed E-state index contributed by atoms with van der Waals surface area (Å²) in [6.07, 6.45) is 2.65. The van der Waals surface area contributed by atoms with E-state index in [9.17, 15) is 9.59 Å². The van der Waals surface area contributed by atoms with E-state index in [4.69, 9.17) is 4.74 Å². The molecule has 7 nitrogen and oxygen atoms in total. The Labute approximate surface area is 157 Å². The zero-order valence-corrected chi connectivity index (χ0v) is 15.4. The Kier molecular flexibility index (Phi) is 5.80. The van der Waals surface area contributed by atoms with Crippen molar-refractivity contribution in [2.45, 2.75) is 26.3 Å². The third-order valence-electron chi connectivity index (χ3n) is 4.38. The standard InChI is InChI=1S/C20H22N4O3/c1-14-23-19-17(4-3-11-22-19)20(26)24(14)13-12-21-18(25)10-7-15-5-8-16(27-2)9-6-15/h3-6,8-9,11H,7,10,12-13H2,1-2H3,(H,21,25). The molecule has 2 aromatic heterocycles. The highest BCUT2D eigenvalue weighted by molar-refractivity contribution is 5.76. The van der Waals surface area contributed by atoms with Gasteiger partial charge < -0.3 is 10.1 Å². The minimum absolute atomic E-state index is 0.0491. The second-order valence-corrected chi connectivity index (χ2v) is 6.19. The third-order valence-corrected chi connectivity index (χ3v) is 4.38. The molecule has 0 fully saturated rings. The van der Waals surface area contributed by atoms with Crippen molar-refractivity contribution in [1.82, 2.24) is 19.9 Å². The number of hydrogen-bond donors (Lipinski definition) is 1. The number of benzene rings is 1. The maximum Gasteiger partial charge on any atom is 0.263 e. The zero-order chi connectivity index (χ0) is 19.2. The summed E-state index contributed by atoms with van der Waals surface area (Å²) in [7, 11) is 1.62. The predicted octanol–water partition coefficient (Wildman–Crippen LogP) is 1.86. The van der Waals surface area contributed by atoms with Crippen molar-refractivity contribution >= 4 is 16.9 Å². The number of aryl methyl sites for hydroxylation is 2. The first-order valence-electron chi connectivity index (χ1n) is 8.80. The van der Waals surface area contributed by atoms with Crippen molar-refractivity contribution < 1.29 is 9.53 Å². The van der Waals surface area contributed by atoms with Gasteiger partial charge in [0.2, 0.25) is 5.91 Å². The van der Waals surface area contributed by atoms with Crippen LogP contribution in [0.25, 0.3) is 11.0 Å². The van der Waals surface area contributed by atoms with Gasteiger partial charge in [0.1, 0.15) is 11.6 Å². The Bertz CT molecular complexity index is 996. The van der Waals surface area contributed by atoms with Crippen LogP contribution in [0, 0.1) is 6.92 Å². The van der Waals surface area contributed by atoms with Crippen LogP contribution < -0.4 is 15.6 Å². The first-order chi connectivity index (χ1) is 13.1. The van der Waals surface area contributed by atoms with Crippen LogP contribution in [0.15, 0.2) is 47.4 Å². The van der Waals surface area contributed by atoms with E-state index in [1.807, 2.05) is 24.3 Å². The number of hydrogen-bond acceptors (Lipinski definition) is 5. The Morgan fingerprint density at radius 3 is 2.74 bits per heavy atom. The van der Waals surface area contributed by atoms with Crippen molar-refractivity contribution in [2.24, 2.45) is 0 Å². The average Bonchev–Trinajstić information content (AvgIpc) is 2.69. The van der Waals surface area contributed by atoms with Crippen LogP contribution >= 0.6 is 0 Å². The van der Waals surface area contributed by atoms with Gasteiger partial charge in [-0.2, -0.15) is 0 Å². The van der Waals surface area contributed by atoms with Crippen molar-refractivity contribution in [3.8, 4) is 5.75 Å². The van der Waals surface area contributed by atoms with Gasteiger partial charge in [0.05, 0.1) is 12.5 Å². The lowest BCUT2D eigenvalue weighted by Crippen LogP contribution is -2.32. The molecule has 1 aromatic carbocycles. The van der Waals surface area contributed by atoms with Crippen LogP contribution in [0.1, 0.15) is 17.8 Å². The zero-order valence-electron chi connectivity index (χ0n) is 15.4. The van der Waals surface area contributed by atoms with E-state index in [0.29, 0.717) is 42.8 Å². The van der Waals surface area contributed by atoms with E-state index < -0.39 is 0 Å². The molecular formula is C20H22N4O3. The number of nitrogens with one attached hydrogen (secondary N) is 1. The fourth-order valence-corrected chi connectivity index (χ4v) is 2.87. The molecule has 0 atom stereocenters. The fraction of sp³-hybridized carbons (Fsp3) is 0.300. The van der Waals surface area contributed by atoms with Gasteiger partial charge in [-0.15, -0.1) is 0 Å². The number of ether oxygens (including phenoxy) is 1. The van der Waals surface area contributed by atoms with E-state index in [0.717, 1.165) is 11.3 Å². The van der Waals surface area contributed by atoms with Crippen molar-refractivity contribution in [1.29, 1.82) is 0 Å². The maximum absolute atomic E-state index is 12.5. The number of fused-ring (bicyclic) bond motifs is 1. The van der Waals surface area contributed by atoms with Crippen molar-refractivity contribution in [3.63, 3.8) is 0 Å². The number of nitrogens with zero attached hydrogens (tertiary/aromatic N) is 3. The Hall–Kier alpha value is -3.22. The number of rotatable bonds is 7. The number of pyridine rings is 1. The molecule has 2 heterocycles. The second kappa shape index (κ2) is 8.44. The van der Waals surface area contributed by atoms with Crippen molar-refractivity contribution in [3.05, 3.63) is 64.3 Å². The highest BCUT2D eigenvalue weighted by Crippen LogP contribution is 2.12. The third kappa shape index (κ3) is 4.49. The molecule has 1 N–H and O–H groups in total. The van der Waals surface area contributed by atoms with Crippen LogP contribution in [0.3, 0.4) is 0 Å². The van der Waals surface area contributed by atoms with Crippen LogP contribution in [0.5, 0.6) is 5.75 Å². The molecule has 0 unspecified atom stereocenters. The lowest BCUT2D eigenvalue weighted by atomic mass is 10.1. The summed E-state index contributed by atoms with van der Waals surface area (Å²) in [4.78, 5) is 33.1. The van der Waals surface area contributed by atoms with Gasteiger partial charge in [0, 0.05) is 25.7 Å². The molecule has 1 amide bonds. The maximum atomic E-state index is 12.5. The number of amides is 1. The number of aromatic nitrogens is 3. The Balaban J connectivity index is 1.54. The summed E-state index contributed by atoms with van der Waals surface area (Å²) in [6, 6.07) is 11.1. The van der Waals surface area contributed by atoms with Crippen LogP contribution in [0.4, 0.5) is 0 Å². The van der Waals surface area contributed by atoms with Crippen molar-refractivity contribution in [2.75, 3.05) is 13.7 Å². The molecular weight excluding hydrogens is 344 g/mol. The topological polar surface area (TPSA) is 86.1 Å². The van der Waals surface area contributed by atoms with Gasteiger partial charge >= 0.3 is 0 Å². The molecule has 0 saturated carbocycles. The van der Waals surface area contributed by atoms with E-state index in [1.54, 1.807) is 36.9 Å². The number of methoxy groups -OCH3 is 1. The fourth-order valence-electron chi connectivity index (χ4n) is 2.87. The quantitative estimate of drug-likeness (QED) is 0.690. The van der Waals surface area contributed by atoms with Gasteiger partial charge in [-0.05, 0) is 43.2 Å². The van der Waals surface area contributed by atoms with E-state index >= 15 is 0 Å².